The first-order valence-electron chi connectivity index (χ1n) is 6.69. The number of benzene rings is 1. The number of nitrogens with one attached hydrogen (secondary N) is 1. The zero-order chi connectivity index (χ0) is 15.2. The van der Waals surface area contributed by atoms with Crippen molar-refractivity contribution in [3.63, 3.8) is 0 Å². The van der Waals surface area contributed by atoms with Crippen LogP contribution in [0.3, 0.4) is 0 Å². The van der Waals surface area contributed by atoms with E-state index in [4.69, 9.17) is 9.47 Å². The number of hydrogen-bond acceptors (Lipinski definition) is 4. The van der Waals surface area contributed by atoms with Gasteiger partial charge in [-0.15, -0.1) is 0 Å². The highest BCUT2D eigenvalue weighted by molar-refractivity contribution is 5.30. The highest BCUT2D eigenvalue weighted by atomic mass is 19.1. The molecule has 0 aliphatic carbocycles. The molecule has 5 heteroatoms. The topological polar surface area (TPSA) is 43.4 Å². The van der Waals surface area contributed by atoms with Gasteiger partial charge in [-0.1, -0.05) is 6.07 Å². The quantitative estimate of drug-likeness (QED) is 0.888. The predicted molar refractivity (Wildman–Crippen MR) is 79.0 cm³/mol. The molecule has 0 aliphatic heterocycles. The molecule has 0 saturated carbocycles. The molecule has 0 fully saturated rings. The molecule has 0 radical (unpaired) electrons. The molecular weight excluding hydrogens is 271 g/mol. The average molecular weight is 290 g/mol. The van der Waals surface area contributed by atoms with Gasteiger partial charge in [0.15, 0.2) is 0 Å². The van der Waals surface area contributed by atoms with Crippen molar-refractivity contribution in [1.29, 1.82) is 0 Å². The van der Waals surface area contributed by atoms with Crippen LogP contribution in [-0.4, -0.2) is 19.2 Å². The van der Waals surface area contributed by atoms with Gasteiger partial charge in [0.05, 0.1) is 14.2 Å². The lowest BCUT2D eigenvalue weighted by atomic mass is 10.1. The van der Waals surface area contributed by atoms with Gasteiger partial charge in [-0.05, 0) is 24.6 Å². The number of ether oxygens (including phenoxy) is 2. The summed E-state index contributed by atoms with van der Waals surface area (Å²) in [5, 5.41) is 3.28. The largest absolute Gasteiger partial charge is 0.497 e. The van der Waals surface area contributed by atoms with Gasteiger partial charge >= 0.3 is 0 Å². The Morgan fingerprint density at radius 1 is 1.19 bits per heavy atom. The van der Waals surface area contributed by atoms with Crippen LogP contribution in [0.5, 0.6) is 11.6 Å². The van der Waals surface area contributed by atoms with Gasteiger partial charge in [0.1, 0.15) is 11.6 Å². The molecule has 0 saturated heterocycles. The molecule has 112 valence electrons. The first-order valence-corrected chi connectivity index (χ1v) is 6.69. The maximum absolute atomic E-state index is 14.0. The summed E-state index contributed by atoms with van der Waals surface area (Å²) in [6, 6.07) is 8.51. The van der Waals surface area contributed by atoms with Crippen LogP contribution in [0.25, 0.3) is 0 Å². The van der Waals surface area contributed by atoms with Crippen LogP contribution in [0.15, 0.2) is 36.5 Å². The summed E-state index contributed by atoms with van der Waals surface area (Å²) < 4.78 is 24.1. The van der Waals surface area contributed by atoms with E-state index in [1.54, 1.807) is 25.4 Å². The van der Waals surface area contributed by atoms with Crippen molar-refractivity contribution in [1.82, 2.24) is 10.3 Å². The van der Waals surface area contributed by atoms with Crippen molar-refractivity contribution in [3.8, 4) is 11.6 Å². The Morgan fingerprint density at radius 3 is 2.67 bits per heavy atom. The summed E-state index contributed by atoms with van der Waals surface area (Å²) in [4.78, 5) is 4.05. The second-order valence-corrected chi connectivity index (χ2v) is 4.70. The molecule has 1 N–H and O–H groups in total. The number of hydrogen-bond donors (Lipinski definition) is 1. The third-order valence-corrected chi connectivity index (χ3v) is 3.29. The zero-order valence-corrected chi connectivity index (χ0v) is 12.4. The van der Waals surface area contributed by atoms with E-state index in [0.717, 1.165) is 5.56 Å². The Morgan fingerprint density at radius 2 is 2.00 bits per heavy atom. The summed E-state index contributed by atoms with van der Waals surface area (Å²) in [5.74, 6) is 0.807. The number of aromatic nitrogens is 1. The molecule has 1 aromatic carbocycles. The number of rotatable bonds is 6. The molecule has 0 amide bonds. The van der Waals surface area contributed by atoms with Crippen molar-refractivity contribution in [2.75, 3.05) is 14.2 Å². The fourth-order valence-corrected chi connectivity index (χ4v) is 2.04. The molecule has 4 nitrogen and oxygen atoms in total. The summed E-state index contributed by atoms with van der Waals surface area (Å²) in [6.07, 6.45) is 1.69. The molecule has 2 rings (SSSR count). The minimum Gasteiger partial charge on any atom is -0.497 e. The first kappa shape index (κ1) is 15.3. The van der Waals surface area contributed by atoms with E-state index in [9.17, 15) is 4.39 Å². The molecule has 0 spiro atoms. The second-order valence-electron chi connectivity index (χ2n) is 4.70. The molecule has 2 aromatic rings. The molecule has 0 bridgehead atoms. The van der Waals surface area contributed by atoms with E-state index in [0.29, 0.717) is 23.7 Å². The third kappa shape index (κ3) is 3.92. The molecular formula is C16H19FN2O2. The van der Waals surface area contributed by atoms with E-state index < -0.39 is 0 Å². The number of methoxy groups -OCH3 is 2. The van der Waals surface area contributed by atoms with Crippen LogP contribution in [-0.2, 0) is 6.54 Å². The van der Waals surface area contributed by atoms with Crippen molar-refractivity contribution in [3.05, 3.63) is 53.5 Å². The lowest BCUT2D eigenvalue weighted by Gasteiger charge is -2.16. The summed E-state index contributed by atoms with van der Waals surface area (Å²) in [7, 11) is 3.10. The Labute approximate surface area is 123 Å². The van der Waals surface area contributed by atoms with E-state index in [2.05, 4.69) is 10.3 Å². The van der Waals surface area contributed by atoms with Crippen LogP contribution in [0.2, 0.25) is 0 Å². The van der Waals surface area contributed by atoms with Crippen LogP contribution in [0.4, 0.5) is 4.39 Å². The fraction of sp³-hybridized carbons (Fsp3) is 0.312. The molecule has 1 unspecified atom stereocenters. The highest BCUT2D eigenvalue weighted by Gasteiger charge is 2.11. The molecule has 1 aromatic heterocycles. The van der Waals surface area contributed by atoms with E-state index in [1.807, 2.05) is 19.1 Å². The van der Waals surface area contributed by atoms with Crippen LogP contribution >= 0.6 is 0 Å². The maximum atomic E-state index is 14.0. The Kier molecular flexibility index (Phi) is 5.11. The Hall–Kier alpha value is -2.14. The lowest BCUT2D eigenvalue weighted by Crippen LogP contribution is -2.19. The molecule has 21 heavy (non-hydrogen) atoms. The predicted octanol–water partition coefficient (Wildman–Crippen LogP) is 3.09. The first-order chi connectivity index (χ1) is 10.1. The minimum absolute atomic E-state index is 0.116. The van der Waals surface area contributed by atoms with Gasteiger partial charge in [0.25, 0.3) is 0 Å². The van der Waals surface area contributed by atoms with Crippen LogP contribution in [0.1, 0.15) is 24.1 Å². The lowest BCUT2D eigenvalue weighted by molar-refractivity contribution is 0.396. The van der Waals surface area contributed by atoms with Crippen molar-refractivity contribution in [2.24, 2.45) is 0 Å². The average Bonchev–Trinajstić information content (AvgIpc) is 2.52. The summed E-state index contributed by atoms with van der Waals surface area (Å²) in [6.45, 7) is 2.52. The normalized spacial score (nSPS) is 12.0. The highest BCUT2D eigenvalue weighted by Crippen LogP contribution is 2.22. The van der Waals surface area contributed by atoms with Gasteiger partial charge in [0.2, 0.25) is 5.88 Å². The number of pyridine rings is 1. The third-order valence-electron chi connectivity index (χ3n) is 3.29. The van der Waals surface area contributed by atoms with Crippen LogP contribution in [0, 0.1) is 5.82 Å². The standard InChI is InChI=1S/C16H19FN2O2/c1-11(14-5-4-13(20-2)9-15(14)17)19-10-12-6-7-18-16(8-12)21-3/h4-9,11,19H,10H2,1-3H3. The molecule has 1 atom stereocenters. The van der Waals surface area contributed by atoms with Crippen molar-refractivity contribution >= 4 is 0 Å². The van der Waals surface area contributed by atoms with E-state index >= 15 is 0 Å². The summed E-state index contributed by atoms with van der Waals surface area (Å²) >= 11 is 0. The zero-order valence-electron chi connectivity index (χ0n) is 12.4. The van der Waals surface area contributed by atoms with Crippen molar-refractivity contribution < 1.29 is 13.9 Å². The van der Waals surface area contributed by atoms with Gasteiger partial charge in [-0.2, -0.15) is 0 Å². The minimum atomic E-state index is -0.276. The number of halogens is 1. The molecule has 0 aliphatic rings. The van der Waals surface area contributed by atoms with Gasteiger partial charge in [-0.25, -0.2) is 9.37 Å². The van der Waals surface area contributed by atoms with Gasteiger partial charge in [-0.3, -0.25) is 0 Å². The number of nitrogens with zero attached hydrogens (tertiary/aromatic N) is 1. The SMILES string of the molecule is COc1ccc(C(C)NCc2ccnc(OC)c2)c(F)c1. The van der Waals surface area contributed by atoms with E-state index in [1.165, 1.54) is 13.2 Å². The van der Waals surface area contributed by atoms with Crippen molar-refractivity contribution in [2.45, 2.75) is 19.5 Å². The molecule has 1 heterocycles. The van der Waals surface area contributed by atoms with E-state index in [-0.39, 0.29) is 11.9 Å². The van der Waals surface area contributed by atoms with Gasteiger partial charge < -0.3 is 14.8 Å². The Bertz CT molecular complexity index is 605. The van der Waals surface area contributed by atoms with Gasteiger partial charge in [0, 0.05) is 36.5 Å². The maximum Gasteiger partial charge on any atom is 0.213 e. The summed E-state index contributed by atoms with van der Waals surface area (Å²) in [5.41, 5.74) is 1.64. The second kappa shape index (κ2) is 7.04. The van der Waals surface area contributed by atoms with Crippen LogP contribution < -0.4 is 14.8 Å². The smallest absolute Gasteiger partial charge is 0.213 e. The Balaban J connectivity index is 2.02. The fourth-order valence-electron chi connectivity index (χ4n) is 2.04. The monoisotopic (exact) mass is 290 g/mol.